The molecule has 7 nitrogen and oxygen atoms in total. The molecule has 1 fully saturated rings. The van der Waals surface area contributed by atoms with E-state index in [4.69, 9.17) is 21.3 Å². The Hall–Kier alpha value is -3.31. The maximum Gasteiger partial charge on any atom is 0.408 e. The third-order valence-electron chi connectivity index (χ3n) is 6.61. The van der Waals surface area contributed by atoms with Crippen LogP contribution in [0.3, 0.4) is 0 Å². The van der Waals surface area contributed by atoms with E-state index < -0.39 is 23.6 Å². The molecule has 2 atom stereocenters. The summed E-state index contributed by atoms with van der Waals surface area (Å²) in [7, 11) is 0. The molecule has 36 heavy (non-hydrogen) atoms. The number of likely N-dealkylation sites (tertiary alicyclic amines) is 1. The van der Waals surface area contributed by atoms with Crippen molar-refractivity contribution in [3.05, 3.63) is 65.2 Å². The summed E-state index contributed by atoms with van der Waals surface area (Å²) in [4.78, 5) is 5.70. The van der Waals surface area contributed by atoms with Gasteiger partial charge in [-0.05, 0) is 43.5 Å². The molecule has 2 aromatic heterocycles. The Bertz CT molecular complexity index is 1350. The van der Waals surface area contributed by atoms with E-state index in [-0.39, 0.29) is 48.0 Å². The van der Waals surface area contributed by atoms with Crippen LogP contribution in [0.4, 0.5) is 17.6 Å². The summed E-state index contributed by atoms with van der Waals surface area (Å²) in [5.74, 6) is -0.817. The van der Waals surface area contributed by atoms with Gasteiger partial charge in [0.25, 0.3) is 0 Å². The summed E-state index contributed by atoms with van der Waals surface area (Å²) < 4.78 is 63.2. The molecule has 0 bridgehead atoms. The van der Waals surface area contributed by atoms with Crippen molar-refractivity contribution in [3.63, 3.8) is 0 Å². The van der Waals surface area contributed by atoms with Gasteiger partial charge in [-0.3, -0.25) is 20.3 Å². The van der Waals surface area contributed by atoms with Crippen molar-refractivity contribution in [2.24, 2.45) is 5.73 Å². The number of halogens is 4. The fourth-order valence-corrected chi connectivity index (χ4v) is 4.55. The molecule has 0 spiro atoms. The fourth-order valence-electron chi connectivity index (χ4n) is 4.55. The second-order valence-corrected chi connectivity index (χ2v) is 9.05. The Morgan fingerprint density at radius 2 is 1.97 bits per heavy atom. The topological polar surface area (TPSA) is 104 Å². The van der Waals surface area contributed by atoms with Gasteiger partial charge in [0.15, 0.2) is 17.4 Å². The van der Waals surface area contributed by atoms with Gasteiger partial charge < -0.3 is 10.5 Å². The highest BCUT2D eigenvalue weighted by atomic mass is 19.4. The van der Waals surface area contributed by atoms with Crippen molar-refractivity contribution >= 4 is 16.7 Å². The van der Waals surface area contributed by atoms with Gasteiger partial charge in [0.2, 0.25) is 0 Å². The van der Waals surface area contributed by atoms with Gasteiger partial charge in [0.05, 0.1) is 12.1 Å². The Kier molecular flexibility index (Phi) is 6.89. The normalized spacial score (nSPS) is 19.5. The number of benzene rings is 1. The summed E-state index contributed by atoms with van der Waals surface area (Å²) in [6, 6.07) is 6.28. The third kappa shape index (κ3) is 4.98. The molecule has 0 aliphatic carbocycles. The molecule has 192 valence electrons. The highest BCUT2D eigenvalue weighted by molar-refractivity contribution is 5.98. The first-order chi connectivity index (χ1) is 17.0. The van der Waals surface area contributed by atoms with Gasteiger partial charge in [-0.25, -0.2) is 9.37 Å². The summed E-state index contributed by atoms with van der Waals surface area (Å²) in [6.45, 7) is 4.12. The maximum atomic E-state index is 14.2. The fraction of sp³-hybridized carbons (Fsp3) is 0.400. The summed E-state index contributed by atoms with van der Waals surface area (Å²) in [5, 5.41) is 17.3. The van der Waals surface area contributed by atoms with Gasteiger partial charge in [0.1, 0.15) is 17.2 Å². The minimum Gasteiger partial charge on any atom is -0.491 e. The average Bonchev–Trinajstić information content (AvgIpc) is 3.21. The molecule has 3 heterocycles. The highest BCUT2D eigenvalue weighted by Crippen LogP contribution is 2.41. The monoisotopic (exact) mass is 504 g/mol. The van der Waals surface area contributed by atoms with E-state index in [1.165, 1.54) is 35.2 Å². The molecule has 11 heteroatoms. The molecule has 4 N–H and O–H groups in total. The van der Waals surface area contributed by atoms with Crippen molar-refractivity contribution in [1.82, 2.24) is 14.5 Å². The van der Waals surface area contributed by atoms with Gasteiger partial charge >= 0.3 is 6.18 Å². The van der Waals surface area contributed by atoms with Crippen LogP contribution in [0.15, 0.2) is 42.6 Å². The highest BCUT2D eigenvalue weighted by Gasteiger charge is 2.49. The zero-order valence-corrected chi connectivity index (χ0v) is 20.0. The molecule has 4 rings (SSSR count). The van der Waals surface area contributed by atoms with Gasteiger partial charge in [-0.1, -0.05) is 19.1 Å². The third-order valence-corrected chi connectivity index (χ3v) is 6.61. The predicted molar refractivity (Wildman–Crippen MR) is 128 cm³/mol. The van der Waals surface area contributed by atoms with Gasteiger partial charge in [-0.2, -0.15) is 13.2 Å². The molecule has 1 aliphatic heterocycles. The predicted octanol–water partition coefficient (Wildman–Crippen LogP) is 4.34. The van der Waals surface area contributed by atoms with Crippen LogP contribution in [-0.4, -0.2) is 51.7 Å². The number of fused-ring (bicyclic) bond motifs is 1. The van der Waals surface area contributed by atoms with Crippen LogP contribution in [-0.2, 0) is 0 Å². The van der Waals surface area contributed by atoms with Crippen molar-refractivity contribution in [1.29, 1.82) is 10.8 Å². The Labute approximate surface area is 205 Å². The molecule has 2 unspecified atom stereocenters. The smallest absolute Gasteiger partial charge is 0.408 e. The second kappa shape index (κ2) is 9.62. The molecule has 0 saturated carbocycles. The molecule has 1 aliphatic rings. The van der Waals surface area contributed by atoms with Crippen LogP contribution in [0.5, 0.6) is 5.75 Å². The van der Waals surface area contributed by atoms with Crippen LogP contribution in [0, 0.1) is 16.6 Å². The number of ether oxygens (including phenoxy) is 1. The molecule has 1 aromatic carbocycles. The standard InChI is InChI=1S/C25H28F4N6O/c1-3-24(32)9-10-34(14-24)22(25(27,28)29)16-6-8-21(30)35(13-16)23(31)18-7-5-15-11-17(26)20(36-4-2)12-19(15)33-18/h5-8,11-13,22,30-31H,3-4,9-10,14,32H2,1-2H3. The number of rotatable bonds is 6. The first-order valence-corrected chi connectivity index (χ1v) is 11.6. The van der Waals surface area contributed by atoms with E-state index in [1.807, 2.05) is 6.92 Å². The largest absolute Gasteiger partial charge is 0.491 e. The number of nitrogens with zero attached hydrogens (tertiary/aromatic N) is 3. The quantitative estimate of drug-likeness (QED) is 0.264. The van der Waals surface area contributed by atoms with Crippen molar-refractivity contribution in [2.45, 2.75) is 44.4 Å². The lowest BCUT2D eigenvalue weighted by Crippen LogP contribution is -2.45. The SMILES string of the molecule is CCOc1cc2nc(C(=N)n3cc(C(N4CCC(N)(CC)C4)C(F)(F)F)ccc3=N)ccc2cc1F. The van der Waals surface area contributed by atoms with E-state index in [0.29, 0.717) is 23.7 Å². The van der Waals surface area contributed by atoms with Gasteiger partial charge in [-0.15, -0.1) is 0 Å². The first-order valence-electron chi connectivity index (χ1n) is 11.6. The van der Waals surface area contributed by atoms with E-state index in [1.54, 1.807) is 13.0 Å². The lowest BCUT2D eigenvalue weighted by atomic mass is 9.97. The van der Waals surface area contributed by atoms with Gasteiger partial charge in [0, 0.05) is 36.3 Å². The first kappa shape index (κ1) is 25.8. The number of nitrogens with two attached hydrogens (primary N) is 1. The molecular formula is C25H28F4N6O. The van der Waals surface area contributed by atoms with E-state index in [9.17, 15) is 17.6 Å². The van der Waals surface area contributed by atoms with Crippen LogP contribution in [0.25, 0.3) is 10.9 Å². The lowest BCUT2D eigenvalue weighted by molar-refractivity contribution is -0.184. The summed E-state index contributed by atoms with van der Waals surface area (Å²) in [5.41, 5.74) is 5.77. The zero-order chi connectivity index (χ0) is 26.3. The van der Waals surface area contributed by atoms with Crippen molar-refractivity contribution < 1.29 is 22.3 Å². The Morgan fingerprint density at radius 1 is 1.22 bits per heavy atom. The minimum atomic E-state index is -4.58. The number of alkyl halides is 3. The lowest BCUT2D eigenvalue weighted by Gasteiger charge is -2.32. The Balaban J connectivity index is 1.73. The minimum absolute atomic E-state index is 0.0127. The Morgan fingerprint density at radius 3 is 2.61 bits per heavy atom. The van der Waals surface area contributed by atoms with Crippen LogP contribution < -0.4 is 16.0 Å². The maximum absolute atomic E-state index is 14.2. The van der Waals surface area contributed by atoms with Crippen molar-refractivity contribution in [3.8, 4) is 5.75 Å². The number of hydrogen-bond acceptors (Lipinski definition) is 6. The number of hydrogen-bond donors (Lipinski definition) is 3. The molecule has 0 radical (unpaired) electrons. The van der Waals surface area contributed by atoms with Crippen LogP contribution >= 0.6 is 0 Å². The van der Waals surface area contributed by atoms with Crippen LogP contribution in [0.2, 0.25) is 0 Å². The number of aromatic nitrogens is 2. The summed E-state index contributed by atoms with van der Waals surface area (Å²) in [6.07, 6.45) is -2.41. The van der Waals surface area contributed by atoms with Crippen LogP contribution in [0.1, 0.15) is 44.0 Å². The summed E-state index contributed by atoms with van der Waals surface area (Å²) >= 11 is 0. The average molecular weight is 505 g/mol. The van der Waals surface area contributed by atoms with Crippen molar-refractivity contribution in [2.75, 3.05) is 19.7 Å². The zero-order valence-electron chi connectivity index (χ0n) is 20.0. The molecular weight excluding hydrogens is 476 g/mol. The van der Waals surface area contributed by atoms with E-state index in [0.717, 1.165) is 10.8 Å². The number of pyridine rings is 2. The van der Waals surface area contributed by atoms with E-state index in [2.05, 4.69) is 4.98 Å². The molecule has 0 amide bonds. The van der Waals surface area contributed by atoms with E-state index >= 15 is 0 Å². The molecule has 3 aromatic rings. The number of nitrogens with one attached hydrogen (secondary N) is 2. The second-order valence-electron chi connectivity index (χ2n) is 9.05. The molecule has 1 saturated heterocycles.